The molecule has 3 rings (SSSR count). The van der Waals surface area contributed by atoms with Crippen LogP contribution in [-0.2, 0) is 13.1 Å². The molecule has 1 aliphatic carbocycles. The van der Waals surface area contributed by atoms with Gasteiger partial charge in [0.1, 0.15) is 0 Å². The first kappa shape index (κ1) is 14.2. The first-order valence-electron chi connectivity index (χ1n) is 7.80. The first-order valence-corrected chi connectivity index (χ1v) is 7.80. The summed E-state index contributed by atoms with van der Waals surface area (Å²) in [6, 6.07) is 18.3. The van der Waals surface area contributed by atoms with Crippen molar-refractivity contribution in [3.05, 3.63) is 65.2 Å². The minimum absolute atomic E-state index is 0.775. The maximum absolute atomic E-state index is 3.56. The molecule has 1 saturated carbocycles. The van der Waals surface area contributed by atoms with Crippen molar-refractivity contribution >= 4 is 5.69 Å². The van der Waals surface area contributed by atoms with Crippen LogP contribution in [0.5, 0.6) is 0 Å². The Morgan fingerprint density at radius 1 is 1.00 bits per heavy atom. The highest BCUT2D eigenvalue weighted by molar-refractivity contribution is 5.52. The fourth-order valence-electron chi connectivity index (χ4n) is 2.66. The first-order chi connectivity index (χ1) is 10.2. The van der Waals surface area contributed by atoms with Crippen LogP contribution in [0.15, 0.2) is 48.5 Å². The standard InChI is InChI=1S/C19H24N2/c1-15-5-3-4-6-19(15)21(2)14-17-9-7-16(8-10-17)13-20-18-11-12-18/h3-10,18,20H,11-14H2,1-2H3. The third-order valence-electron chi connectivity index (χ3n) is 4.14. The summed E-state index contributed by atoms with van der Waals surface area (Å²) in [5.74, 6) is 0. The Morgan fingerprint density at radius 2 is 1.67 bits per heavy atom. The van der Waals surface area contributed by atoms with Gasteiger partial charge in [-0.15, -0.1) is 0 Å². The minimum atomic E-state index is 0.775. The second-order valence-corrected chi connectivity index (χ2v) is 6.11. The van der Waals surface area contributed by atoms with E-state index < -0.39 is 0 Å². The van der Waals surface area contributed by atoms with Gasteiger partial charge in [-0.05, 0) is 42.5 Å². The number of para-hydroxylation sites is 1. The second-order valence-electron chi connectivity index (χ2n) is 6.11. The summed E-state index contributed by atoms with van der Waals surface area (Å²) < 4.78 is 0. The van der Waals surface area contributed by atoms with E-state index in [0.29, 0.717) is 0 Å². The van der Waals surface area contributed by atoms with E-state index >= 15 is 0 Å². The van der Waals surface area contributed by atoms with Crippen LogP contribution in [0.2, 0.25) is 0 Å². The lowest BCUT2D eigenvalue weighted by Crippen LogP contribution is -2.17. The molecule has 0 aromatic heterocycles. The molecule has 2 nitrogen and oxygen atoms in total. The van der Waals surface area contributed by atoms with Gasteiger partial charge >= 0.3 is 0 Å². The molecule has 0 aliphatic heterocycles. The molecule has 2 heteroatoms. The topological polar surface area (TPSA) is 15.3 Å². The summed E-state index contributed by atoms with van der Waals surface area (Å²) in [5.41, 5.74) is 5.36. The van der Waals surface area contributed by atoms with E-state index in [1.807, 2.05) is 0 Å². The van der Waals surface area contributed by atoms with Crippen molar-refractivity contribution in [2.75, 3.05) is 11.9 Å². The van der Waals surface area contributed by atoms with E-state index in [2.05, 4.69) is 72.7 Å². The van der Waals surface area contributed by atoms with Gasteiger partial charge < -0.3 is 10.2 Å². The SMILES string of the molecule is Cc1ccccc1N(C)Cc1ccc(CNC2CC2)cc1. The van der Waals surface area contributed by atoms with Gasteiger partial charge in [0.2, 0.25) is 0 Å². The van der Waals surface area contributed by atoms with Crippen LogP contribution < -0.4 is 10.2 Å². The van der Waals surface area contributed by atoms with Crippen LogP contribution in [0, 0.1) is 6.92 Å². The molecule has 21 heavy (non-hydrogen) atoms. The minimum Gasteiger partial charge on any atom is -0.370 e. The zero-order valence-electron chi connectivity index (χ0n) is 13.0. The van der Waals surface area contributed by atoms with Crippen molar-refractivity contribution in [3.8, 4) is 0 Å². The van der Waals surface area contributed by atoms with E-state index in [-0.39, 0.29) is 0 Å². The summed E-state index contributed by atoms with van der Waals surface area (Å²) in [6.45, 7) is 4.11. The van der Waals surface area contributed by atoms with Crippen molar-refractivity contribution in [1.82, 2.24) is 5.32 Å². The summed E-state index contributed by atoms with van der Waals surface area (Å²) in [7, 11) is 2.16. The smallest absolute Gasteiger partial charge is 0.0426 e. The lowest BCUT2D eigenvalue weighted by Gasteiger charge is -2.21. The van der Waals surface area contributed by atoms with E-state index in [1.54, 1.807) is 0 Å². The number of nitrogens with zero attached hydrogens (tertiary/aromatic N) is 1. The Kier molecular flexibility index (Phi) is 4.26. The second kappa shape index (κ2) is 6.31. The van der Waals surface area contributed by atoms with Crippen molar-refractivity contribution < 1.29 is 0 Å². The van der Waals surface area contributed by atoms with Crippen LogP contribution in [0.25, 0.3) is 0 Å². The average Bonchev–Trinajstić information content (AvgIpc) is 3.31. The lowest BCUT2D eigenvalue weighted by molar-refractivity contribution is 0.687. The predicted molar refractivity (Wildman–Crippen MR) is 89.6 cm³/mol. The highest BCUT2D eigenvalue weighted by Crippen LogP contribution is 2.21. The number of aryl methyl sites for hydroxylation is 1. The molecule has 0 heterocycles. The summed E-state index contributed by atoms with van der Waals surface area (Å²) in [5, 5.41) is 3.56. The number of hydrogen-bond donors (Lipinski definition) is 1. The molecule has 1 aliphatic rings. The van der Waals surface area contributed by atoms with Crippen LogP contribution in [-0.4, -0.2) is 13.1 Å². The number of anilines is 1. The average molecular weight is 280 g/mol. The molecule has 0 atom stereocenters. The summed E-state index contributed by atoms with van der Waals surface area (Å²) in [6.07, 6.45) is 2.69. The molecule has 110 valence electrons. The molecule has 1 N–H and O–H groups in total. The molecule has 0 amide bonds. The van der Waals surface area contributed by atoms with Gasteiger partial charge in [0, 0.05) is 31.9 Å². The van der Waals surface area contributed by atoms with E-state index in [1.165, 1.54) is 35.2 Å². The number of rotatable bonds is 6. The molecular weight excluding hydrogens is 256 g/mol. The van der Waals surface area contributed by atoms with Gasteiger partial charge in [0.25, 0.3) is 0 Å². The highest BCUT2D eigenvalue weighted by atomic mass is 15.1. The van der Waals surface area contributed by atoms with Gasteiger partial charge in [-0.3, -0.25) is 0 Å². The monoisotopic (exact) mass is 280 g/mol. The Labute approximate surface area is 127 Å². The van der Waals surface area contributed by atoms with Crippen LogP contribution in [0.1, 0.15) is 29.5 Å². The molecule has 2 aromatic rings. The number of nitrogens with one attached hydrogen (secondary N) is 1. The molecule has 0 spiro atoms. The Hall–Kier alpha value is -1.80. The van der Waals surface area contributed by atoms with Crippen molar-refractivity contribution in [3.63, 3.8) is 0 Å². The van der Waals surface area contributed by atoms with Gasteiger partial charge in [0.05, 0.1) is 0 Å². The fraction of sp³-hybridized carbons (Fsp3) is 0.368. The van der Waals surface area contributed by atoms with Crippen LogP contribution in [0.3, 0.4) is 0 Å². The maximum Gasteiger partial charge on any atom is 0.0426 e. The Morgan fingerprint density at radius 3 is 2.33 bits per heavy atom. The third kappa shape index (κ3) is 3.85. The van der Waals surface area contributed by atoms with E-state index in [9.17, 15) is 0 Å². The zero-order chi connectivity index (χ0) is 14.7. The summed E-state index contributed by atoms with van der Waals surface area (Å²) in [4.78, 5) is 2.31. The molecule has 2 aromatic carbocycles. The van der Waals surface area contributed by atoms with Gasteiger partial charge in [-0.1, -0.05) is 42.5 Å². The van der Waals surface area contributed by atoms with Gasteiger partial charge in [-0.2, -0.15) is 0 Å². The summed E-state index contributed by atoms with van der Waals surface area (Å²) >= 11 is 0. The molecule has 0 unspecified atom stereocenters. The quantitative estimate of drug-likeness (QED) is 0.863. The Bertz CT molecular complexity index is 585. The van der Waals surface area contributed by atoms with Crippen LogP contribution >= 0.6 is 0 Å². The normalized spacial score (nSPS) is 14.2. The largest absolute Gasteiger partial charge is 0.370 e. The van der Waals surface area contributed by atoms with Crippen LogP contribution in [0.4, 0.5) is 5.69 Å². The molecule has 0 bridgehead atoms. The molecule has 0 saturated heterocycles. The third-order valence-corrected chi connectivity index (χ3v) is 4.14. The molecule has 0 radical (unpaired) electrons. The zero-order valence-corrected chi connectivity index (χ0v) is 13.0. The van der Waals surface area contributed by atoms with E-state index in [0.717, 1.165) is 19.1 Å². The Balaban J connectivity index is 1.60. The lowest BCUT2D eigenvalue weighted by atomic mass is 10.1. The van der Waals surface area contributed by atoms with Gasteiger partial charge in [-0.25, -0.2) is 0 Å². The van der Waals surface area contributed by atoms with E-state index in [4.69, 9.17) is 0 Å². The highest BCUT2D eigenvalue weighted by Gasteiger charge is 2.19. The molecule has 1 fully saturated rings. The predicted octanol–water partition coefficient (Wildman–Crippen LogP) is 3.88. The fourth-order valence-corrected chi connectivity index (χ4v) is 2.66. The number of hydrogen-bond acceptors (Lipinski definition) is 2. The van der Waals surface area contributed by atoms with Crippen molar-refractivity contribution in [2.24, 2.45) is 0 Å². The van der Waals surface area contributed by atoms with Gasteiger partial charge in [0.15, 0.2) is 0 Å². The maximum atomic E-state index is 3.56. The van der Waals surface area contributed by atoms with Crippen molar-refractivity contribution in [2.45, 2.75) is 38.9 Å². The number of benzene rings is 2. The molecular formula is C19H24N2. The van der Waals surface area contributed by atoms with Crippen molar-refractivity contribution in [1.29, 1.82) is 0 Å².